The van der Waals surface area contributed by atoms with Crippen LogP contribution in [-0.2, 0) is 9.59 Å². The van der Waals surface area contributed by atoms with E-state index in [0.717, 1.165) is 37.0 Å². The van der Waals surface area contributed by atoms with Gasteiger partial charge in [0.1, 0.15) is 12.1 Å². The third-order valence-electron chi connectivity index (χ3n) is 3.64. The lowest BCUT2D eigenvalue weighted by molar-refractivity contribution is -0.153. The average molecular weight is 243 g/mol. The Labute approximate surface area is 101 Å². The Bertz CT molecular complexity index is 286. The number of aliphatic hydroxyl groups is 1. The molecule has 2 N–H and O–H groups in total. The molecule has 0 spiro atoms. The van der Waals surface area contributed by atoms with E-state index in [1.807, 2.05) is 0 Å². The van der Waals surface area contributed by atoms with Crippen molar-refractivity contribution in [2.75, 3.05) is 7.05 Å². The van der Waals surface area contributed by atoms with Gasteiger partial charge in [0.15, 0.2) is 0 Å². The largest absolute Gasteiger partial charge is 0.480 e. The van der Waals surface area contributed by atoms with Gasteiger partial charge in [-0.3, -0.25) is 4.79 Å². The Morgan fingerprint density at radius 1 is 1.24 bits per heavy atom. The summed E-state index contributed by atoms with van der Waals surface area (Å²) in [6, 6.07) is -0.902. The molecule has 0 aromatic carbocycles. The first kappa shape index (κ1) is 14.0. The molecule has 1 aliphatic rings. The van der Waals surface area contributed by atoms with Crippen LogP contribution in [0.3, 0.4) is 0 Å². The average Bonchev–Trinajstić information content (AvgIpc) is 2.36. The van der Waals surface area contributed by atoms with Crippen molar-refractivity contribution in [1.82, 2.24) is 4.90 Å². The van der Waals surface area contributed by atoms with Gasteiger partial charge in [0.25, 0.3) is 5.91 Å². The Morgan fingerprint density at radius 2 is 1.76 bits per heavy atom. The number of rotatable bonds is 4. The number of carboxylic acid groups (broad SMARTS) is 1. The summed E-state index contributed by atoms with van der Waals surface area (Å²) in [6.45, 7) is 1.44. The molecule has 5 heteroatoms. The number of aliphatic carboxylic acids is 1. The minimum absolute atomic E-state index is 0.0142. The SMILES string of the molecule is CC(C(=O)O)N(C)C(=O)C(O)C1CCCCC1. The zero-order valence-corrected chi connectivity index (χ0v) is 10.4. The molecule has 0 radical (unpaired) electrons. The van der Waals surface area contributed by atoms with Crippen molar-refractivity contribution in [3.8, 4) is 0 Å². The van der Waals surface area contributed by atoms with Gasteiger partial charge in [0, 0.05) is 7.05 Å². The number of aliphatic hydroxyl groups excluding tert-OH is 1. The zero-order valence-electron chi connectivity index (χ0n) is 10.4. The molecule has 2 unspecified atom stereocenters. The molecule has 2 atom stereocenters. The lowest BCUT2D eigenvalue weighted by Crippen LogP contribution is -2.47. The monoisotopic (exact) mass is 243 g/mol. The molecular formula is C12H21NO4. The lowest BCUT2D eigenvalue weighted by atomic mass is 9.85. The molecule has 1 fully saturated rings. The van der Waals surface area contributed by atoms with Crippen molar-refractivity contribution in [1.29, 1.82) is 0 Å². The highest BCUT2D eigenvalue weighted by Crippen LogP contribution is 2.27. The molecule has 17 heavy (non-hydrogen) atoms. The molecule has 1 amide bonds. The molecule has 0 aromatic heterocycles. The van der Waals surface area contributed by atoms with Crippen LogP contribution in [0.5, 0.6) is 0 Å². The summed E-state index contributed by atoms with van der Waals surface area (Å²) in [5, 5.41) is 18.8. The molecule has 1 rings (SSSR count). The molecule has 0 heterocycles. The fourth-order valence-electron chi connectivity index (χ4n) is 2.22. The number of carboxylic acids is 1. The van der Waals surface area contributed by atoms with Gasteiger partial charge in [-0.1, -0.05) is 19.3 Å². The van der Waals surface area contributed by atoms with Gasteiger partial charge in [-0.25, -0.2) is 4.79 Å². The first-order chi connectivity index (χ1) is 7.95. The quantitative estimate of drug-likeness (QED) is 0.767. The molecule has 0 saturated heterocycles. The van der Waals surface area contributed by atoms with Gasteiger partial charge < -0.3 is 15.1 Å². The summed E-state index contributed by atoms with van der Waals surface area (Å²) in [4.78, 5) is 23.8. The maximum absolute atomic E-state index is 11.9. The first-order valence-electron chi connectivity index (χ1n) is 6.12. The van der Waals surface area contributed by atoms with Crippen molar-refractivity contribution in [2.24, 2.45) is 5.92 Å². The van der Waals surface area contributed by atoms with Crippen LogP contribution in [0, 0.1) is 5.92 Å². The van der Waals surface area contributed by atoms with E-state index in [9.17, 15) is 14.7 Å². The van der Waals surface area contributed by atoms with Gasteiger partial charge in [-0.2, -0.15) is 0 Å². The van der Waals surface area contributed by atoms with Gasteiger partial charge in [0.05, 0.1) is 0 Å². The number of carbonyl (C=O) groups is 2. The minimum Gasteiger partial charge on any atom is -0.480 e. The number of carbonyl (C=O) groups excluding carboxylic acids is 1. The summed E-state index contributed by atoms with van der Waals surface area (Å²) >= 11 is 0. The molecular weight excluding hydrogens is 222 g/mol. The van der Waals surface area contributed by atoms with E-state index >= 15 is 0 Å². The lowest BCUT2D eigenvalue weighted by Gasteiger charge is -2.30. The highest BCUT2D eigenvalue weighted by Gasteiger charge is 2.32. The fraction of sp³-hybridized carbons (Fsp3) is 0.833. The van der Waals surface area contributed by atoms with Crippen molar-refractivity contribution in [3.63, 3.8) is 0 Å². The number of hydrogen-bond donors (Lipinski definition) is 2. The van der Waals surface area contributed by atoms with Gasteiger partial charge in [-0.15, -0.1) is 0 Å². The molecule has 0 aliphatic heterocycles. The van der Waals surface area contributed by atoms with E-state index < -0.39 is 24.0 Å². The summed E-state index contributed by atoms with van der Waals surface area (Å²) in [5.41, 5.74) is 0. The Hall–Kier alpha value is -1.10. The van der Waals surface area contributed by atoms with Crippen LogP contribution in [0.2, 0.25) is 0 Å². The van der Waals surface area contributed by atoms with Crippen molar-refractivity contribution in [2.45, 2.75) is 51.2 Å². The van der Waals surface area contributed by atoms with Crippen molar-refractivity contribution in [3.05, 3.63) is 0 Å². The van der Waals surface area contributed by atoms with Crippen LogP contribution < -0.4 is 0 Å². The van der Waals surface area contributed by atoms with Crippen LogP contribution in [0.1, 0.15) is 39.0 Å². The fourth-order valence-corrected chi connectivity index (χ4v) is 2.22. The minimum atomic E-state index is -1.06. The van der Waals surface area contributed by atoms with E-state index in [1.54, 1.807) is 0 Å². The highest BCUT2D eigenvalue weighted by atomic mass is 16.4. The maximum atomic E-state index is 11.9. The molecule has 98 valence electrons. The normalized spacial score (nSPS) is 20.6. The van der Waals surface area contributed by atoms with Gasteiger partial charge in [0.2, 0.25) is 0 Å². The zero-order chi connectivity index (χ0) is 13.0. The van der Waals surface area contributed by atoms with E-state index in [1.165, 1.54) is 14.0 Å². The number of amides is 1. The van der Waals surface area contributed by atoms with E-state index in [0.29, 0.717) is 0 Å². The Kier molecular flexibility index (Phi) is 4.93. The predicted octanol–water partition coefficient (Wildman–Crippen LogP) is 0.859. The Balaban J connectivity index is 2.58. The van der Waals surface area contributed by atoms with Gasteiger partial charge >= 0.3 is 5.97 Å². The molecule has 1 aliphatic carbocycles. The van der Waals surface area contributed by atoms with Crippen LogP contribution >= 0.6 is 0 Å². The second-order valence-electron chi connectivity index (χ2n) is 4.81. The predicted molar refractivity (Wildman–Crippen MR) is 62.4 cm³/mol. The summed E-state index contributed by atoms with van der Waals surface area (Å²) in [5.74, 6) is -1.55. The Morgan fingerprint density at radius 3 is 2.24 bits per heavy atom. The van der Waals surface area contributed by atoms with Gasteiger partial charge in [-0.05, 0) is 25.7 Å². The van der Waals surface area contributed by atoms with Crippen molar-refractivity contribution < 1.29 is 19.8 Å². The van der Waals surface area contributed by atoms with E-state index in [-0.39, 0.29) is 5.92 Å². The first-order valence-corrected chi connectivity index (χ1v) is 6.12. The third-order valence-corrected chi connectivity index (χ3v) is 3.64. The standard InChI is InChI=1S/C12H21NO4/c1-8(12(16)17)13(2)11(15)10(14)9-6-4-3-5-7-9/h8-10,14H,3-7H2,1-2H3,(H,16,17). The highest BCUT2D eigenvalue weighted by molar-refractivity contribution is 5.86. The molecule has 0 bridgehead atoms. The number of hydrogen-bond acceptors (Lipinski definition) is 3. The summed E-state index contributed by atoms with van der Waals surface area (Å²) in [7, 11) is 1.42. The molecule has 5 nitrogen and oxygen atoms in total. The maximum Gasteiger partial charge on any atom is 0.326 e. The van der Waals surface area contributed by atoms with E-state index in [4.69, 9.17) is 5.11 Å². The van der Waals surface area contributed by atoms with Crippen LogP contribution in [0.25, 0.3) is 0 Å². The molecule has 1 saturated carbocycles. The van der Waals surface area contributed by atoms with Crippen LogP contribution in [-0.4, -0.2) is 46.2 Å². The topological polar surface area (TPSA) is 77.8 Å². The van der Waals surface area contributed by atoms with Crippen molar-refractivity contribution >= 4 is 11.9 Å². The second kappa shape index (κ2) is 6.00. The third kappa shape index (κ3) is 3.43. The second-order valence-corrected chi connectivity index (χ2v) is 4.81. The smallest absolute Gasteiger partial charge is 0.326 e. The number of likely N-dealkylation sites (N-methyl/N-ethyl adjacent to an activating group) is 1. The number of nitrogens with zero attached hydrogens (tertiary/aromatic N) is 1. The summed E-state index contributed by atoms with van der Waals surface area (Å²) in [6.07, 6.45) is 3.87. The van der Waals surface area contributed by atoms with E-state index in [2.05, 4.69) is 0 Å². The summed E-state index contributed by atoms with van der Waals surface area (Å²) < 4.78 is 0. The van der Waals surface area contributed by atoms with Crippen LogP contribution in [0.4, 0.5) is 0 Å². The molecule has 0 aromatic rings. The van der Waals surface area contributed by atoms with Crippen LogP contribution in [0.15, 0.2) is 0 Å².